The van der Waals surface area contributed by atoms with Gasteiger partial charge in [-0.25, -0.2) is 4.39 Å². The Morgan fingerprint density at radius 3 is 2.39 bits per heavy atom. The Kier molecular flexibility index (Phi) is 7.30. The summed E-state index contributed by atoms with van der Waals surface area (Å²) in [6, 6.07) is 5.84. The van der Waals surface area contributed by atoms with E-state index < -0.39 is 6.10 Å². The third-order valence-corrected chi connectivity index (χ3v) is 6.31. The number of carbonyl (C=O) groups excluding carboxylic acids is 1. The maximum atomic E-state index is 13.1. The van der Waals surface area contributed by atoms with Crippen LogP contribution in [0, 0.1) is 5.82 Å². The van der Waals surface area contributed by atoms with Crippen LogP contribution in [-0.4, -0.2) is 67.1 Å². The molecule has 1 N–H and O–H groups in total. The highest BCUT2D eigenvalue weighted by molar-refractivity contribution is 5.81. The molecule has 2 aliphatic rings. The molecule has 1 amide bonds. The van der Waals surface area contributed by atoms with Gasteiger partial charge < -0.3 is 15.0 Å². The Balaban J connectivity index is 1.61. The number of rotatable bonds is 7. The van der Waals surface area contributed by atoms with Gasteiger partial charge in [0.05, 0.1) is 0 Å². The Labute approximate surface area is 168 Å². The van der Waals surface area contributed by atoms with Crippen molar-refractivity contribution in [3.05, 3.63) is 30.1 Å². The van der Waals surface area contributed by atoms with Gasteiger partial charge in [-0.1, -0.05) is 26.2 Å². The molecule has 1 saturated carbocycles. The Morgan fingerprint density at radius 2 is 1.79 bits per heavy atom. The van der Waals surface area contributed by atoms with Gasteiger partial charge >= 0.3 is 0 Å². The molecule has 1 saturated heterocycles. The maximum Gasteiger partial charge on any atom is 0.261 e. The Bertz CT molecular complexity index is 623. The first-order valence-electron chi connectivity index (χ1n) is 10.7. The van der Waals surface area contributed by atoms with E-state index in [1.807, 2.05) is 6.92 Å². The van der Waals surface area contributed by atoms with Gasteiger partial charge in [0.15, 0.2) is 6.10 Å². The molecule has 2 fully saturated rings. The summed E-state index contributed by atoms with van der Waals surface area (Å²) in [5, 5.41) is 3.19. The summed E-state index contributed by atoms with van der Waals surface area (Å²) in [6.07, 6.45) is 6.05. The quantitative estimate of drug-likeness (QED) is 0.776. The number of ether oxygens (including phenoxy) is 1. The van der Waals surface area contributed by atoms with Crippen LogP contribution >= 0.6 is 0 Å². The lowest BCUT2D eigenvalue weighted by atomic mass is 9.79. The molecule has 1 aromatic rings. The second kappa shape index (κ2) is 9.70. The first kappa shape index (κ1) is 21.1. The molecule has 6 heteroatoms. The Hall–Kier alpha value is -1.66. The standard InChI is InChI=1S/C22H34FN3O2/c1-3-20(28-19-9-7-18(23)8-10-19)21(27)24-17-22(11-5-4-6-12-22)26-15-13-25(2)14-16-26/h7-10,20H,3-6,11-17H2,1-2H3,(H,24,27). The molecule has 1 aliphatic carbocycles. The van der Waals surface area contributed by atoms with E-state index in [4.69, 9.17) is 4.74 Å². The van der Waals surface area contributed by atoms with Gasteiger partial charge in [-0.3, -0.25) is 9.69 Å². The van der Waals surface area contributed by atoms with Crippen LogP contribution in [0.25, 0.3) is 0 Å². The molecule has 3 rings (SSSR count). The van der Waals surface area contributed by atoms with Crippen molar-refractivity contribution < 1.29 is 13.9 Å². The molecule has 1 unspecified atom stereocenters. The fraction of sp³-hybridized carbons (Fsp3) is 0.682. The van der Waals surface area contributed by atoms with Crippen LogP contribution in [0.3, 0.4) is 0 Å². The van der Waals surface area contributed by atoms with E-state index in [0.717, 1.165) is 39.0 Å². The number of hydrogen-bond acceptors (Lipinski definition) is 4. The minimum atomic E-state index is -0.557. The minimum Gasteiger partial charge on any atom is -0.481 e. The second-order valence-corrected chi connectivity index (χ2v) is 8.26. The van der Waals surface area contributed by atoms with E-state index in [1.165, 1.54) is 31.4 Å². The monoisotopic (exact) mass is 391 g/mol. The number of nitrogens with one attached hydrogen (secondary N) is 1. The molecule has 0 radical (unpaired) electrons. The van der Waals surface area contributed by atoms with E-state index in [2.05, 4.69) is 22.2 Å². The van der Waals surface area contributed by atoms with E-state index in [0.29, 0.717) is 18.7 Å². The average Bonchev–Trinajstić information content (AvgIpc) is 2.73. The van der Waals surface area contributed by atoms with Gasteiger partial charge in [0, 0.05) is 38.3 Å². The third-order valence-electron chi connectivity index (χ3n) is 6.31. The van der Waals surface area contributed by atoms with E-state index in [1.54, 1.807) is 12.1 Å². The summed E-state index contributed by atoms with van der Waals surface area (Å²) < 4.78 is 18.9. The predicted molar refractivity (Wildman–Crippen MR) is 109 cm³/mol. The number of amides is 1. The highest BCUT2D eigenvalue weighted by atomic mass is 19.1. The van der Waals surface area contributed by atoms with Crippen molar-refractivity contribution in [1.29, 1.82) is 0 Å². The summed E-state index contributed by atoms with van der Waals surface area (Å²) in [6.45, 7) is 6.91. The summed E-state index contributed by atoms with van der Waals surface area (Å²) in [7, 11) is 2.17. The fourth-order valence-electron chi connectivity index (χ4n) is 4.46. The number of piperazine rings is 1. The zero-order chi connectivity index (χ0) is 20.0. The molecule has 1 aliphatic heterocycles. The molecular weight excluding hydrogens is 357 g/mol. The fourth-order valence-corrected chi connectivity index (χ4v) is 4.46. The number of carbonyl (C=O) groups is 1. The molecule has 28 heavy (non-hydrogen) atoms. The number of benzene rings is 1. The van der Waals surface area contributed by atoms with Crippen LogP contribution in [0.2, 0.25) is 0 Å². The van der Waals surface area contributed by atoms with E-state index in [9.17, 15) is 9.18 Å². The third kappa shape index (κ3) is 5.23. The predicted octanol–water partition coefficient (Wildman–Crippen LogP) is 3.05. The first-order chi connectivity index (χ1) is 13.5. The van der Waals surface area contributed by atoms with Gasteiger partial charge in [-0.05, 0) is 50.6 Å². The van der Waals surface area contributed by atoms with Crippen LogP contribution in [0.1, 0.15) is 45.4 Å². The molecule has 0 aromatic heterocycles. The van der Waals surface area contributed by atoms with Crippen molar-refractivity contribution in [3.63, 3.8) is 0 Å². The van der Waals surface area contributed by atoms with Crippen molar-refractivity contribution in [2.75, 3.05) is 39.8 Å². The first-order valence-corrected chi connectivity index (χ1v) is 10.7. The van der Waals surface area contributed by atoms with Gasteiger partial charge in [0.2, 0.25) is 0 Å². The van der Waals surface area contributed by atoms with Gasteiger partial charge in [-0.2, -0.15) is 0 Å². The molecule has 0 spiro atoms. The van der Waals surface area contributed by atoms with Crippen molar-refractivity contribution in [2.45, 2.75) is 57.1 Å². The average molecular weight is 392 g/mol. The SMILES string of the molecule is CCC(Oc1ccc(F)cc1)C(=O)NCC1(N2CCN(C)CC2)CCCCC1. The lowest BCUT2D eigenvalue weighted by Crippen LogP contribution is -2.62. The minimum absolute atomic E-state index is 0.0728. The Morgan fingerprint density at radius 1 is 1.14 bits per heavy atom. The van der Waals surface area contributed by atoms with Gasteiger partial charge in [0.1, 0.15) is 11.6 Å². The van der Waals surface area contributed by atoms with Crippen LogP contribution in [0.15, 0.2) is 24.3 Å². The summed E-state index contributed by atoms with van der Waals surface area (Å²) in [4.78, 5) is 17.8. The number of halogens is 1. The van der Waals surface area contributed by atoms with E-state index in [-0.39, 0.29) is 17.3 Å². The van der Waals surface area contributed by atoms with Crippen molar-refractivity contribution in [2.24, 2.45) is 0 Å². The van der Waals surface area contributed by atoms with Crippen LogP contribution in [0.4, 0.5) is 4.39 Å². The lowest BCUT2D eigenvalue weighted by Gasteiger charge is -2.49. The highest BCUT2D eigenvalue weighted by Crippen LogP contribution is 2.34. The molecule has 156 valence electrons. The molecule has 1 atom stereocenters. The van der Waals surface area contributed by atoms with Gasteiger partial charge in [0.25, 0.3) is 5.91 Å². The molecular formula is C22H34FN3O2. The van der Waals surface area contributed by atoms with Crippen molar-refractivity contribution in [3.8, 4) is 5.75 Å². The zero-order valence-electron chi connectivity index (χ0n) is 17.3. The van der Waals surface area contributed by atoms with Crippen LogP contribution < -0.4 is 10.1 Å². The molecule has 1 heterocycles. The summed E-state index contributed by atoms with van der Waals surface area (Å²) >= 11 is 0. The maximum absolute atomic E-state index is 13.1. The second-order valence-electron chi connectivity index (χ2n) is 8.26. The topological polar surface area (TPSA) is 44.8 Å². The normalized spacial score (nSPS) is 21.8. The number of hydrogen-bond donors (Lipinski definition) is 1. The summed E-state index contributed by atoms with van der Waals surface area (Å²) in [5.74, 6) is 0.136. The van der Waals surface area contributed by atoms with Crippen LogP contribution in [0.5, 0.6) is 5.75 Å². The van der Waals surface area contributed by atoms with E-state index >= 15 is 0 Å². The van der Waals surface area contributed by atoms with Gasteiger partial charge in [-0.15, -0.1) is 0 Å². The highest BCUT2D eigenvalue weighted by Gasteiger charge is 2.39. The van der Waals surface area contributed by atoms with Crippen LogP contribution in [-0.2, 0) is 4.79 Å². The zero-order valence-corrected chi connectivity index (χ0v) is 17.3. The molecule has 0 bridgehead atoms. The molecule has 5 nitrogen and oxygen atoms in total. The number of likely N-dealkylation sites (N-methyl/N-ethyl adjacent to an activating group) is 1. The van der Waals surface area contributed by atoms with Crippen molar-refractivity contribution in [1.82, 2.24) is 15.1 Å². The molecule has 1 aromatic carbocycles. The van der Waals surface area contributed by atoms with Crippen molar-refractivity contribution >= 4 is 5.91 Å². The lowest BCUT2D eigenvalue weighted by molar-refractivity contribution is -0.129. The smallest absolute Gasteiger partial charge is 0.261 e. The largest absolute Gasteiger partial charge is 0.481 e. The summed E-state index contributed by atoms with van der Waals surface area (Å²) in [5.41, 5.74) is 0.0728. The number of nitrogens with zero attached hydrogens (tertiary/aromatic N) is 2.